The van der Waals surface area contributed by atoms with Crippen molar-refractivity contribution in [2.24, 2.45) is 0 Å². The summed E-state index contributed by atoms with van der Waals surface area (Å²) in [5, 5.41) is 12.2. The molecule has 0 aliphatic rings. The van der Waals surface area contributed by atoms with Gasteiger partial charge in [-0.25, -0.2) is 14.2 Å². The number of carbonyl (C=O) groups is 1. The lowest BCUT2D eigenvalue weighted by atomic mass is 9.91. The van der Waals surface area contributed by atoms with Gasteiger partial charge in [-0.2, -0.15) is 0 Å². The first kappa shape index (κ1) is 25.6. The van der Waals surface area contributed by atoms with Crippen molar-refractivity contribution in [3.05, 3.63) is 101 Å². The average Bonchev–Trinajstić information content (AvgIpc) is 3.16. The summed E-state index contributed by atoms with van der Waals surface area (Å²) in [5.74, 6) is -1.35. The van der Waals surface area contributed by atoms with Gasteiger partial charge in [0.1, 0.15) is 11.5 Å². The van der Waals surface area contributed by atoms with E-state index in [0.717, 1.165) is 44.2 Å². The third kappa shape index (κ3) is 4.79. The van der Waals surface area contributed by atoms with Crippen LogP contribution >= 0.6 is 0 Å². The van der Waals surface area contributed by atoms with Crippen molar-refractivity contribution in [1.29, 1.82) is 0 Å². The van der Waals surface area contributed by atoms with Gasteiger partial charge in [0.05, 0.1) is 11.1 Å². The SMILES string of the molecule is Cc1ccc(-c2c([C@H](OC(C)(C)C)C(=O)O)c(C)nc3c2c2ccccc2n3Cc2ccc(F)cc2)cc1. The number of carboxylic acid groups (broad SMARTS) is 1. The van der Waals surface area contributed by atoms with Crippen LogP contribution in [0.4, 0.5) is 4.39 Å². The Bertz CT molecular complexity index is 1650. The second kappa shape index (κ2) is 9.69. The highest BCUT2D eigenvalue weighted by molar-refractivity contribution is 6.15. The van der Waals surface area contributed by atoms with Crippen LogP contribution in [-0.2, 0) is 16.1 Å². The molecule has 2 heterocycles. The largest absolute Gasteiger partial charge is 0.479 e. The molecule has 0 fully saturated rings. The number of rotatable bonds is 6. The number of hydrogen-bond acceptors (Lipinski definition) is 3. The number of carboxylic acids is 1. The number of nitrogens with zero attached hydrogens (tertiary/aromatic N) is 2. The maximum Gasteiger partial charge on any atom is 0.337 e. The van der Waals surface area contributed by atoms with Gasteiger partial charge in [0, 0.05) is 34.1 Å². The molecule has 0 saturated carbocycles. The van der Waals surface area contributed by atoms with Crippen molar-refractivity contribution in [1.82, 2.24) is 9.55 Å². The van der Waals surface area contributed by atoms with E-state index < -0.39 is 17.7 Å². The van der Waals surface area contributed by atoms with E-state index in [4.69, 9.17) is 9.72 Å². The number of ether oxygens (including phenoxy) is 1. The van der Waals surface area contributed by atoms with Crippen molar-refractivity contribution < 1.29 is 19.0 Å². The van der Waals surface area contributed by atoms with Crippen molar-refractivity contribution in [3.63, 3.8) is 0 Å². The smallest absolute Gasteiger partial charge is 0.337 e. The van der Waals surface area contributed by atoms with Gasteiger partial charge in [0.15, 0.2) is 6.10 Å². The maximum atomic E-state index is 13.6. The van der Waals surface area contributed by atoms with Crippen LogP contribution in [0.15, 0.2) is 72.8 Å². The molecule has 1 N–H and O–H groups in total. The Morgan fingerprint density at radius 1 is 1.00 bits per heavy atom. The number of benzene rings is 3. The van der Waals surface area contributed by atoms with Gasteiger partial charge in [-0.05, 0) is 63.9 Å². The normalized spacial score (nSPS) is 12.8. The van der Waals surface area contributed by atoms with E-state index >= 15 is 0 Å². The fourth-order valence-corrected chi connectivity index (χ4v) is 5.05. The van der Waals surface area contributed by atoms with Crippen LogP contribution in [0.1, 0.15) is 49.3 Å². The monoisotopic (exact) mass is 510 g/mol. The lowest BCUT2D eigenvalue weighted by molar-refractivity contribution is -0.160. The highest BCUT2D eigenvalue weighted by Crippen LogP contribution is 2.43. The van der Waals surface area contributed by atoms with E-state index in [1.807, 2.05) is 83.1 Å². The lowest BCUT2D eigenvalue weighted by Gasteiger charge is -2.28. The van der Waals surface area contributed by atoms with E-state index in [9.17, 15) is 14.3 Å². The second-order valence-electron chi connectivity index (χ2n) is 10.7. The summed E-state index contributed by atoms with van der Waals surface area (Å²) in [4.78, 5) is 17.7. The molecule has 5 nitrogen and oxygen atoms in total. The predicted octanol–water partition coefficient (Wildman–Crippen LogP) is 7.60. The first-order valence-electron chi connectivity index (χ1n) is 12.7. The number of hydrogen-bond donors (Lipinski definition) is 1. The number of aromatic nitrogens is 2. The highest BCUT2D eigenvalue weighted by atomic mass is 19.1. The van der Waals surface area contributed by atoms with Crippen LogP contribution < -0.4 is 0 Å². The molecule has 0 bridgehead atoms. The van der Waals surface area contributed by atoms with E-state index in [2.05, 4.69) is 4.57 Å². The number of halogens is 1. The Morgan fingerprint density at radius 3 is 2.29 bits per heavy atom. The minimum absolute atomic E-state index is 0.283. The van der Waals surface area contributed by atoms with Crippen LogP contribution in [0.25, 0.3) is 33.1 Å². The topological polar surface area (TPSA) is 64.3 Å². The average molecular weight is 511 g/mol. The Kier molecular flexibility index (Phi) is 6.53. The van der Waals surface area contributed by atoms with Crippen LogP contribution in [0.3, 0.4) is 0 Å². The summed E-state index contributed by atoms with van der Waals surface area (Å²) in [5.41, 5.74) is 5.91. The Morgan fingerprint density at radius 2 is 1.66 bits per heavy atom. The molecule has 194 valence electrons. The third-order valence-corrected chi connectivity index (χ3v) is 6.68. The molecule has 38 heavy (non-hydrogen) atoms. The Labute approximate surface area is 221 Å². The summed E-state index contributed by atoms with van der Waals surface area (Å²) in [6, 6.07) is 22.6. The molecular weight excluding hydrogens is 479 g/mol. The predicted molar refractivity (Wildman–Crippen MR) is 149 cm³/mol. The number of fused-ring (bicyclic) bond motifs is 3. The zero-order chi connectivity index (χ0) is 27.2. The molecule has 0 unspecified atom stereocenters. The van der Waals surface area contributed by atoms with E-state index in [1.165, 1.54) is 12.1 Å². The van der Waals surface area contributed by atoms with Gasteiger partial charge in [-0.15, -0.1) is 0 Å². The zero-order valence-corrected chi connectivity index (χ0v) is 22.2. The van der Waals surface area contributed by atoms with Gasteiger partial charge < -0.3 is 14.4 Å². The van der Waals surface area contributed by atoms with Crippen LogP contribution in [0.5, 0.6) is 0 Å². The number of aliphatic carboxylic acids is 1. The molecule has 0 radical (unpaired) electrons. The number of para-hydroxylation sites is 1. The second-order valence-corrected chi connectivity index (χ2v) is 10.7. The zero-order valence-electron chi connectivity index (χ0n) is 22.2. The van der Waals surface area contributed by atoms with Crippen LogP contribution in [0, 0.1) is 19.7 Å². The highest BCUT2D eigenvalue weighted by Gasteiger charge is 2.33. The first-order chi connectivity index (χ1) is 18.0. The summed E-state index contributed by atoms with van der Waals surface area (Å²) in [6.07, 6.45) is -1.21. The van der Waals surface area contributed by atoms with E-state index in [1.54, 1.807) is 12.1 Å². The summed E-state index contributed by atoms with van der Waals surface area (Å²) >= 11 is 0. The van der Waals surface area contributed by atoms with Gasteiger partial charge in [0.2, 0.25) is 0 Å². The van der Waals surface area contributed by atoms with E-state index in [-0.39, 0.29) is 5.82 Å². The van der Waals surface area contributed by atoms with Crippen LogP contribution in [-0.4, -0.2) is 26.2 Å². The Hall–Kier alpha value is -4.03. The lowest BCUT2D eigenvalue weighted by Crippen LogP contribution is -2.28. The van der Waals surface area contributed by atoms with Gasteiger partial charge in [0.25, 0.3) is 0 Å². The van der Waals surface area contributed by atoms with Crippen molar-refractivity contribution in [2.75, 3.05) is 0 Å². The minimum atomic E-state index is -1.21. The molecule has 2 aromatic heterocycles. The Balaban J connectivity index is 1.89. The summed E-state index contributed by atoms with van der Waals surface area (Å²) < 4.78 is 21.9. The molecule has 1 atom stereocenters. The molecule has 5 rings (SSSR count). The standard InChI is InChI=1S/C32H31FN2O3/c1-19-10-14-22(15-11-19)27-26(29(31(36)37)38-32(3,4)5)20(2)34-30-28(27)24-8-6-7-9-25(24)35(30)18-21-12-16-23(33)17-13-21/h6-17,29H,18H2,1-5H3,(H,36,37)/t29-/m0/s1. The van der Waals surface area contributed by atoms with Crippen molar-refractivity contribution in [2.45, 2.75) is 52.9 Å². The summed E-state index contributed by atoms with van der Waals surface area (Å²) in [6.45, 7) is 9.91. The molecule has 0 amide bonds. The molecule has 0 saturated heterocycles. The molecule has 0 spiro atoms. The number of pyridine rings is 1. The van der Waals surface area contributed by atoms with Gasteiger partial charge >= 0.3 is 5.97 Å². The quantitative estimate of drug-likeness (QED) is 0.255. The first-order valence-corrected chi connectivity index (χ1v) is 12.7. The molecule has 0 aliphatic carbocycles. The van der Waals surface area contributed by atoms with Gasteiger partial charge in [-0.1, -0.05) is 60.2 Å². The van der Waals surface area contributed by atoms with Crippen molar-refractivity contribution in [3.8, 4) is 11.1 Å². The van der Waals surface area contributed by atoms with E-state index in [0.29, 0.717) is 17.8 Å². The fourth-order valence-electron chi connectivity index (χ4n) is 5.05. The maximum absolute atomic E-state index is 13.6. The molecule has 5 aromatic rings. The molecule has 3 aromatic carbocycles. The number of aryl methyl sites for hydroxylation is 2. The molecular formula is C32H31FN2O3. The fraction of sp³-hybridized carbons (Fsp3) is 0.250. The molecule has 0 aliphatic heterocycles. The van der Waals surface area contributed by atoms with Crippen molar-refractivity contribution >= 4 is 27.9 Å². The summed E-state index contributed by atoms with van der Waals surface area (Å²) in [7, 11) is 0. The third-order valence-electron chi connectivity index (χ3n) is 6.68. The van der Waals surface area contributed by atoms with Crippen LogP contribution in [0.2, 0.25) is 0 Å². The minimum Gasteiger partial charge on any atom is -0.479 e. The van der Waals surface area contributed by atoms with Gasteiger partial charge in [-0.3, -0.25) is 0 Å². The molecule has 6 heteroatoms.